The number of amides is 1. The molecule has 0 aromatic heterocycles. The number of hydrogen-bond donors (Lipinski definition) is 1. The van der Waals surface area contributed by atoms with Crippen molar-refractivity contribution in [2.45, 2.75) is 25.0 Å². The number of nitrogens with one attached hydrogen (secondary N) is 1. The number of piperazine rings is 1. The van der Waals surface area contributed by atoms with Crippen molar-refractivity contribution in [3.8, 4) is 5.75 Å². The smallest absolute Gasteiger partial charge is 0.236 e. The van der Waals surface area contributed by atoms with Crippen molar-refractivity contribution in [3.05, 3.63) is 64.7 Å². The van der Waals surface area contributed by atoms with E-state index < -0.39 is 0 Å². The molecule has 2 aliphatic rings. The molecule has 0 bridgehead atoms. The van der Waals surface area contributed by atoms with Crippen molar-refractivity contribution in [1.82, 2.24) is 15.1 Å². The third-order valence-corrected chi connectivity index (χ3v) is 6.00. The lowest BCUT2D eigenvalue weighted by Crippen LogP contribution is -2.49. The summed E-state index contributed by atoms with van der Waals surface area (Å²) < 4.78 is 5.85. The zero-order valence-electron chi connectivity index (χ0n) is 16.8. The van der Waals surface area contributed by atoms with Gasteiger partial charge < -0.3 is 19.9 Å². The monoisotopic (exact) mass is 413 g/mol. The first kappa shape index (κ1) is 20.2. The molecule has 29 heavy (non-hydrogen) atoms. The van der Waals surface area contributed by atoms with Crippen LogP contribution in [0.5, 0.6) is 5.75 Å². The maximum absolute atomic E-state index is 12.4. The molecule has 1 amide bonds. The van der Waals surface area contributed by atoms with Crippen LogP contribution >= 0.6 is 11.6 Å². The van der Waals surface area contributed by atoms with Crippen molar-refractivity contribution in [3.63, 3.8) is 0 Å². The second-order valence-corrected chi connectivity index (χ2v) is 8.44. The van der Waals surface area contributed by atoms with Gasteiger partial charge in [0.05, 0.1) is 6.54 Å². The summed E-state index contributed by atoms with van der Waals surface area (Å²) in [4.78, 5) is 16.6. The first-order chi connectivity index (χ1) is 14.1. The van der Waals surface area contributed by atoms with Crippen LogP contribution in [-0.2, 0) is 11.4 Å². The van der Waals surface area contributed by atoms with E-state index in [0.717, 1.165) is 48.9 Å². The summed E-state index contributed by atoms with van der Waals surface area (Å²) in [6.07, 6.45) is 1.08. The van der Waals surface area contributed by atoms with Gasteiger partial charge in [-0.3, -0.25) is 4.79 Å². The molecule has 0 spiro atoms. The van der Waals surface area contributed by atoms with E-state index in [2.05, 4.69) is 29.4 Å². The van der Waals surface area contributed by atoms with Crippen molar-refractivity contribution in [1.29, 1.82) is 0 Å². The molecule has 1 aliphatic heterocycles. The molecule has 6 heteroatoms. The third kappa shape index (κ3) is 5.50. The molecule has 5 nitrogen and oxygen atoms in total. The molecule has 0 radical (unpaired) electrons. The Balaban J connectivity index is 1.21. The van der Waals surface area contributed by atoms with Crippen LogP contribution in [0.25, 0.3) is 0 Å². The molecule has 2 aromatic rings. The SMILES string of the molecule is CN1CCN(C(=O)CN[C@H]2CC2c2ccc(OCc3cccc(Cl)c3)cc2)CC1. The number of carbonyl (C=O) groups excluding carboxylic acids is 1. The number of likely N-dealkylation sites (N-methyl/N-ethyl adjacent to an activating group) is 1. The lowest BCUT2D eigenvalue weighted by molar-refractivity contribution is -0.131. The molecule has 1 aliphatic carbocycles. The zero-order chi connectivity index (χ0) is 20.2. The molecule has 2 fully saturated rings. The fourth-order valence-corrected chi connectivity index (χ4v) is 3.99. The van der Waals surface area contributed by atoms with Crippen molar-refractivity contribution in [2.75, 3.05) is 39.8 Å². The maximum atomic E-state index is 12.4. The first-order valence-electron chi connectivity index (χ1n) is 10.3. The van der Waals surface area contributed by atoms with Gasteiger partial charge in [-0.25, -0.2) is 0 Å². The van der Waals surface area contributed by atoms with Crippen LogP contribution in [0.1, 0.15) is 23.5 Å². The molecule has 2 aromatic carbocycles. The second-order valence-electron chi connectivity index (χ2n) is 8.00. The van der Waals surface area contributed by atoms with Gasteiger partial charge >= 0.3 is 0 Å². The van der Waals surface area contributed by atoms with E-state index in [1.54, 1.807) is 0 Å². The van der Waals surface area contributed by atoms with Crippen LogP contribution in [0, 0.1) is 0 Å². The lowest BCUT2D eigenvalue weighted by atomic mass is 10.1. The van der Waals surface area contributed by atoms with Crippen molar-refractivity contribution < 1.29 is 9.53 Å². The fraction of sp³-hybridized carbons (Fsp3) is 0.435. The molecular weight excluding hydrogens is 386 g/mol. The van der Waals surface area contributed by atoms with Crippen LogP contribution < -0.4 is 10.1 Å². The number of halogens is 1. The van der Waals surface area contributed by atoms with Crippen molar-refractivity contribution >= 4 is 17.5 Å². The van der Waals surface area contributed by atoms with E-state index in [0.29, 0.717) is 25.1 Å². The van der Waals surface area contributed by atoms with Crippen LogP contribution in [0.3, 0.4) is 0 Å². The van der Waals surface area contributed by atoms with Gasteiger partial charge in [0, 0.05) is 43.2 Å². The molecule has 4 rings (SSSR count). The summed E-state index contributed by atoms with van der Waals surface area (Å²) in [5.74, 6) is 1.55. The quantitative estimate of drug-likeness (QED) is 0.757. The Labute approximate surface area is 177 Å². The molecule has 1 saturated carbocycles. The Morgan fingerprint density at radius 2 is 1.90 bits per heavy atom. The number of benzene rings is 2. The largest absolute Gasteiger partial charge is 0.489 e. The van der Waals surface area contributed by atoms with E-state index in [4.69, 9.17) is 16.3 Å². The Kier molecular flexibility index (Phi) is 6.38. The van der Waals surface area contributed by atoms with Crippen LogP contribution in [-0.4, -0.2) is 61.5 Å². The van der Waals surface area contributed by atoms with Gasteiger partial charge in [0.15, 0.2) is 0 Å². The highest BCUT2D eigenvalue weighted by atomic mass is 35.5. The summed E-state index contributed by atoms with van der Waals surface area (Å²) in [6.45, 7) is 4.53. The molecule has 154 valence electrons. The van der Waals surface area contributed by atoms with E-state index in [9.17, 15) is 4.79 Å². The number of rotatable bonds is 7. The van der Waals surface area contributed by atoms with Crippen LogP contribution in [0.2, 0.25) is 5.02 Å². The summed E-state index contributed by atoms with van der Waals surface area (Å²) in [6, 6.07) is 16.4. The number of nitrogens with zero attached hydrogens (tertiary/aromatic N) is 2. The fourth-order valence-electron chi connectivity index (χ4n) is 3.78. The molecular formula is C23H28ClN3O2. The van der Waals surface area contributed by atoms with Gasteiger partial charge in [0.2, 0.25) is 5.91 Å². The highest BCUT2D eigenvalue weighted by Crippen LogP contribution is 2.41. The van der Waals surface area contributed by atoms with Crippen molar-refractivity contribution in [2.24, 2.45) is 0 Å². The average molecular weight is 414 g/mol. The zero-order valence-corrected chi connectivity index (χ0v) is 17.6. The van der Waals surface area contributed by atoms with Gasteiger partial charge in [-0.05, 0) is 48.9 Å². The Bertz CT molecular complexity index is 834. The minimum atomic E-state index is 0.216. The van der Waals surface area contributed by atoms with Crippen LogP contribution in [0.4, 0.5) is 0 Å². The van der Waals surface area contributed by atoms with Gasteiger partial charge in [0.1, 0.15) is 12.4 Å². The third-order valence-electron chi connectivity index (χ3n) is 5.76. The maximum Gasteiger partial charge on any atom is 0.236 e. The molecule has 1 saturated heterocycles. The van der Waals surface area contributed by atoms with Gasteiger partial charge in [-0.15, -0.1) is 0 Å². The minimum absolute atomic E-state index is 0.216. The summed E-state index contributed by atoms with van der Waals surface area (Å²) in [7, 11) is 2.10. The second kappa shape index (κ2) is 9.16. The minimum Gasteiger partial charge on any atom is -0.489 e. The highest BCUT2D eigenvalue weighted by molar-refractivity contribution is 6.30. The van der Waals surface area contributed by atoms with Crippen LogP contribution in [0.15, 0.2) is 48.5 Å². The first-order valence-corrected chi connectivity index (χ1v) is 10.6. The Morgan fingerprint density at radius 3 is 2.62 bits per heavy atom. The number of carbonyl (C=O) groups is 1. The molecule has 1 unspecified atom stereocenters. The van der Waals surface area contributed by atoms with E-state index in [1.165, 1.54) is 5.56 Å². The van der Waals surface area contributed by atoms with Gasteiger partial charge in [-0.1, -0.05) is 35.9 Å². The van der Waals surface area contributed by atoms with Gasteiger partial charge in [0.25, 0.3) is 0 Å². The number of ether oxygens (including phenoxy) is 1. The number of hydrogen-bond acceptors (Lipinski definition) is 4. The standard InChI is InChI=1S/C23H28ClN3O2/c1-26-9-11-27(12-10-26)23(28)15-25-22-14-21(22)18-5-7-20(8-6-18)29-16-17-3-2-4-19(24)13-17/h2-8,13,21-22,25H,9-12,14-16H2,1H3/t21?,22-/m0/s1. The Hall–Kier alpha value is -2.08. The molecule has 1 N–H and O–H groups in total. The normalized spacial score (nSPS) is 21.8. The lowest BCUT2D eigenvalue weighted by Gasteiger charge is -2.32. The average Bonchev–Trinajstić information content (AvgIpc) is 3.51. The Morgan fingerprint density at radius 1 is 1.14 bits per heavy atom. The van der Waals surface area contributed by atoms with E-state index in [-0.39, 0.29) is 5.91 Å². The highest BCUT2D eigenvalue weighted by Gasteiger charge is 2.38. The summed E-state index contributed by atoms with van der Waals surface area (Å²) in [5, 5.41) is 4.15. The molecule has 2 atom stereocenters. The summed E-state index contributed by atoms with van der Waals surface area (Å²) >= 11 is 6.01. The van der Waals surface area contributed by atoms with E-state index >= 15 is 0 Å². The summed E-state index contributed by atoms with van der Waals surface area (Å²) in [5.41, 5.74) is 2.35. The van der Waals surface area contributed by atoms with E-state index in [1.807, 2.05) is 41.3 Å². The molecule has 1 heterocycles. The topological polar surface area (TPSA) is 44.8 Å². The predicted molar refractivity (Wildman–Crippen MR) is 115 cm³/mol. The predicted octanol–water partition coefficient (Wildman–Crippen LogP) is 3.14. The van der Waals surface area contributed by atoms with Gasteiger partial charge in [-0.2, -0.15) is 0 Å².